The van der Waals surface area contributed by atoms with E-state index in [-0.39, 0.29) is 11.5 Å². The number of rotatable bonds is 3. The molecule has 0 spiro atoms. The van der Waals surface area contributed by atoms with E-state index in [4.69, 9.17) is 5.11 Å². The standard InChI is InChI=1S/C17H12N2O3/c20-16(19-14-6-3-5-12(9-14)17(21)22)13-8-11-4-1-2-7-15(11)18-10-13/h1-10H,(H,19,20)(H,21,22). The SMILES string of the molecule is O=C(O)c1cccc(NC(=O)c2cnc3ccccc3c2)c1. The van der Waals surface area contributed by atoms with Crippen molar-refractivity contribution in [1.82, 2.24) is 4.98 Å². The Labute approximate surface area is 126 Å². The molecule has 108 valence electrons. The van der Waals surface area contributed by atoms with Gasteiger partial charge in [0.15, 0.2) is 0 Å². The lowest BCUT2D eigenvalue weighted by atomic mass is 10.1. The minimum absolute atomic E-state index is 0.120. The van der Waals surface area contributed by atoms with Crippen LogP contribution in [0.1, 0.15) is 20.7 Å². The van der Waals surface area contributed by atoms with E-state index in [1.807, 2.05) is 24.3 Å². The zero-order valence-corrected chi connectivity index (χ0v) is 11.5. The minimum atomic E-state index is -1.04. The third-order valence-corrected chi connectivity index (χ3v) is 3.22. The molecule has 22 heavy (non-hydrogen) atoms. The van der Waals surface area contributed by atoms with Crippen LogP contribution in [0.25, 0.3) is 10.9 Å². The van der Waals surface area contributed by atoms with Crippen LogP contribution in [0.3, 0.4) is 0 Å². The number of carbonyl (C=O) groups excluding carboxylic acids is 1. The van der Waals surface area contributed by atoms with Crippen molar-refractivity contribution < 1.29 is 14.7 Å². The van der Waals surface area contributed by atoms with Gasteiger partial charge in [0, 0.05) is 17.3 Å². The molecule has 2 N–H and O–H groups in total. The Bertz CT molecular complexity index is 874. The number of carboxylic acid groups (broad SMARTS) is 1. The monoisotopic (exact) mass is 292 g/mol. The van der Waals surface area contributed by atoms with E-state index < -0.39 is 5.97 Å². The minimum Gasteiger partial charge on any atom is -0.478 e. The van der Waals surface area contributed by atoms with Gasteiger partial charge in [-0.3, -0.25) is 9.78 Å². The lowest BCUT2D eigenvalue weighted by Crippen LogP contribution is -2.12. The summed E-state index contributed by atoms with van der Waals surface area (Å²) in [6.07, 6.45) is 1.50. The van der Waals surface area contributed by atoms with Gasteiger partial charge in [-0.2, -0.15) is 0 Å². The first-order chi connectivity index (χ1) is 10.6. The number of para-hydroxylation sites is 1. The van der Waals surface area contributed by atoms with Gasteiger partial charge in [-0.05, 0) is 30.3 Å². The number of benzene rings is 2. The van der Waals surface area contributed by atoms with Crippen LogP contribution in [0.4, 0.5) is 5.69 Å². The van der Waals surface area contributed by atoms with Gasteiger partial charge in [0.1, 0.15) is 0 Å². The molecular formula is C17H12N2O3. The van der Waals surface area contributed by atoms with Gasteiger partial charge >= 0.3 is 5.97 Å². The van der Waals surface area contributed by atoms with Crippen molar-refractivity contribution in [1.29, 1.82) is 0 Å². The molecule has 0 radical (unpaired) electrons. The van der Waals surface area contributed by atoms with Crippen LogP contribution in [0.15, 0.2) is 60.8 Å². The fourth-order valence-corrected chi connectivity index (χ4v) is 2.13. The number of aromatic carboxylic acids is 1. The Morgan fingerprint density at radius 1 is 0.955 bits per heavy atom. The fourth-order valence-electron chi connectivity index (χ4n) is 2.13. The van der Waals surface area contributed by atoms with Crippen molar-refractivity contribution in [3.63, 3.8) is 0 Å². The van der Waals surface area contributed by atoms with Crippen molar-refractivity contribution in [3.05, 3.63) is 71.9 Å². The number of fused-ring (bicyclic) bond motifs is 1. The molecule has 1 aromatic heterocycles. The first-order valence-electron chi connectivity index (χ1n) is 6.63. The van der Waals surface area contributed by atoms with Crippen LogP contribution in [0, 0.1) is 0 Å². The Morgan fingerprint density at radius 3 is 2.59 bits per heavy atom. The molecule has 0 aliphatic rings. The predicted molar refractivity (Wildman–Crippen MR) is 83.1 cm³/mol. The summed E-state index contributed by atoms with van der Waals surface area (Å²) in [5.41, 5.74) is 1.78. The highest BCUT2D eigenvalue weighted by Gasteiger charge is 2.09. The molecule has 0 fully saturated rings. The van der Waals surface area contributed by atoms with Gasteiger partial charge in [-0.1, -0.05) is 24.3 Å². The lowest BCUT2D eigenvalue weighted by Gasteiger charge is -2.06. The van der Waals surface area contributed by atoms with Gasteiger partial charge in [0.2, 0.25) is 0 Å². The number of aromatic nitrogens is 1. The van der Waals surface area contributed by atoms with E-state index in [1.165, 1.54) is 18.3 Å². The van der Waals surface area contributed by atoms with E-state index in [1.54, 1.807) is 18.2 Å². The zero-order valence-electron chi connectivity index (χ0n) is 11.5. The molecular weight excluding hydrogens is 280 g/mol. The summed E-state index contributed by atoms with van der Waals surface area (Å²) in [4.78, 5) is 27.4. The Kier molecular flexibility index (Phi) is 3.53. The molecule has 0 aliphatic heterocycles. The summed E-state index contributed by atoms with van der Waals surface area (Å²) in [6.45, 7) is 0. The van der Waals surface area contributed by atoms with Crippen LogP contribution < -0.4 is 5.32 Å². The molecule has 0 bridgehead atoms. The average Bonchev–Trinajstić information content (AvgIpc) is 2.54. The third kappa shape index (κ3) is 2.78. The molecule has 2 aromatic carbocycles. The third-order valence-electron chi connectivity index (χ3n) is 3.22. The highest BCUT2D eigenvalue weighted by molar-refractivity contribution is 6.06. The molecule has 3 aromatic rings. The molecule has 0 aliphatic carbocycles. The van der Waals surface area contributed by atoms with E-state index >= 15 is 0 Å². The number of pyridine rings is 1. The highest BCUT2D eigenvalue weighted by atomic mass is 16.4. The number of carboxylic acids is 1. The normalized spacial score (nSPS) is 10.4. The molecule has 0 unspecified atom stereocenters. The lowest BCUT2D eigenvalue weighted by molar-refractivity contribution is 0.0696. The largest absolute Gasteiger partial charge is 0.478 e. The van der Waals surface area contributed by atoms with Gasteiger partial charge in [0.25, 0.3) is 5.91 Å². The molecule has 1 amide bonds. The van der Waals surface area contributed by atoms with Crippen LogP contribution in [0.5, 0.6) is 0 Å². The van der Waals surface area contributed by atoms with E-state index in [9.17, 15) is 9.59 Å². The second kappa shape index (κ2) is 5.65. The van der Waals surface area contributed by atoms with Crippen molar-refractivity contribution in [2.24, 2.45) is 0 Å². The maximum Gasteiger partial charge on any atom is 0.335 e. The van der Waals surface area contributed by atoms with Crippen molar-refractivity contribution in [3.8, 4) is 0 Å². The molecule has 0 saturated carbocycles. The molecule has 5 heteroatoms. The first kappa shape index (κ1) is 13.8. The summed E-state index contributed by atoms with van der Waals surface area (Å²) in [7, 11) is 0. The Hall–Kier alpha value is -3.21. The van der Waals surface area contributed by atoms with E-state index in [0.717, 1.165) is 10.9 Å². The second-order valence-electron chi connectivity index (χ2n) is 4.76. The number of carbonyl (C=O) groups is 2. The van der Waals surface area contributed by atoms with Crippen molar-refractivity contribution in [2.75, 3.05) is 5.32 Å². The van der Waals surface area contributed by atoms with Crippen LogP contribution in [-0.4, -0.2) is 22.0 Å². The van der Waals surface area contributed by atoms with Gasteiger partial charge in [-0.25, -0.2) is 4.79 Å². The number of nitrogens with zero attached hydrogens (tertiary/aromatic N) is 1. The van der Waals surface area contributed by atoms with Crippen molar-refractivity contribution >= 4 is 28.5 Å². The predicted octanol–water partition coefficient (Wildman–Crippen LogP) is 3.19. The average molecular weight is 292 g/mol. The molecule has 3 rings (SSSR count). The zero-order chi connectivity index (χ0) is 15.5. The van der Waals surface area contributed by atoms with Crippen LogP contribution in [0.2, 0.25) is 0 Å². The second-order valence-corrected chi connectivity index (χ2v) is 4.76. The van der Waals surface area contributed by atoms with Gasteiger partial charge in [0.05, 0.1) is 16.6 Å². The fraction of sp³-hybridized carbons (Fsp3) is 0. The number of hydrogen-bond acceptors (Lipinski definition) is 3. The van der Waals surface area contributed by atoms with Gasteiger partial charge < -0.3 is 10.4 Å². The molecule has 5 nitrogen and oxygen atoms in total. The van der Waals surface area contributed by atoms with Crippen LogP contribution in [-0.2, 0) is 0 Å². The summed E-state index contributed by atoms with van der Waals surface area (Å²) < 4.78 is 0. The summed E-state index contributed by atoms with van der Waals surface area (Å²) >= 11 is 0. The Balaban J connectivity index is 1.86. The molecule has 0 atom stereocenters. The van der Waals surface area contributed by atoms with Gasteiger partial charge in [-0.15, -0.1) is 0 Å². The maximum atomic E-state index is 12.2. The van der Waals surface area contributed by atoms with E-state index in [2.05, 4.69) is 10.3 Å². The molecule has 0 saturated heterocycles. The summed E-state index contributed by atoms with van der Waals surface area (Å²) in [5, 5.41) is 12.5. The van der Waals surface area contributed by atoms with E-state index in [0.29, 0.717) is 11.3 Å². The smallest absolute Gasteiger partial charge is 0.335 e. The topological polar surface area (TPSA) is 79.3 Å². The number of hydrogen-bond donors (Lipinski definition) is 2. The first-order valence-corrected chi connectivity index (χ1v) is 6.63. The number of amides is 1. The Morgan fingerprint density at radius 2 is 1.77 bits per heavy atom. The summed E-state index contributed by atoms with van der Waals surface area (Å²) in [6, 6.07) is 15.4. The van der Waals surface area contributed by atoms with Crippen molar-refractivity contribution in [2.45, 2.75) is 0 Å². The maximum absolute atomic E-state index is 12.2. The number of nitrogens with one attached hydrogen (secondary N) is 1. The highest BCUT2D eigenvalue weighted by Crippen LogP contribution is 2.15. The number of anilines is 1. The summed E-state index contributed by atoms with van der Waals surface area (Å²) in [5.74, 6) is -1.37. The molecule has 1 heterocycles. The quantitative estimate of drug-likeness (QED) is 0.777. The van der Waals surface area contributed by atoms with Crippen LogP contribution >= 0.6 is 0 Å².